The summed E-state index contributed by atoms with van der Waals surface area (Å²) in [5.74, 6) is 0.823. The molecule has 1 aromatic rings. The second-order valence-corrected chi connectivity index (χ2v) is 3.77. The van der Waals surface area contributed by atoms with E-state index < -0.39 is 0 Å². The molecule has 0 aliphatic rings. The highest BCUT2D eigenvalue weighted by Gasteiger charge is 2.11. The van der Waals surface area contributed by atoms with Gasteiger partial charge in [-0.05, 0) is 26.2 Å². The minimum Gasteiger partial charge on any atom is -0.493 e. The minimum atomic E-state index is -0.278. The zero-order valence-corrected chi connectivity index (χ0v) is 9.73. The molecule has 1 unspecified atom stereocenters. The van der Waals surface area contributed by atoms with Gasteiger partial charge in [-0.2, -0.15) is 5.10 Å². The maximum atomic E-state index is 9.27. The second-order valence-electron chi connectivity index (χ2n) is 3.77. The third-order valence-electron chi connectivity index (χ3n) is 2.36. The van der Waals surface area contributed by atoms with E-state index in [4.69, 9.17) is 4.74 Å². The normalized spacial score (nSPS) is 12.8. The third-order valence-corrected chi connectivity index (χ3v) is 2.36. The topological polar surface area (TPSA) is 47.3 Å². The first kappa shape index (κ1) is 12.0. The average molecular weight is 212 g/mol. The Morgan fingerprint density at radius 1 is 1.60 bits per heavy atom. The summed E-state index contributed by atoms with van der Waals surface area (Å²) >= 11 is 0. The lowest BCUT2D eigenvalue weighted by molar-refractivity contribution is 0.183. The van der Waals surface area contributed by atoms with Gasteiger partial charge in [-0.3, -0.25) is 4.68 Å². The molecule has 86 valence electrons. The zero-order chi connectivity index (χ0) is 11.3. The molecule has 0 aliphatic carbocycles. The van der Waals surface area contributed by atoms with E-state index in [1.165, 1.54) is 0 Å². The molecule has 1 heterocycles. The monoisotopic (exact) mass is 212 g/mol. The number of methoxy groups -OCH3 is 1. The van der Waals surface area contributed by atoms with Crippen molar-refractivity contribution in [2.75, 3.05) is 7.11 Å². The molecule has 0 bridgehead atoms. The van der Waals surface area contributed by atoms with Crippen LogP contribution in [0.4, 0.5) is 0 Å². The van der Waals surface area contributed by atoms with Gasteiger partial charge >= 0.3 is 0 Å². The largest absolute Gasteiger partial charge is 0.493 e. The Labute approximate surface area is 90.9 Å². The van der Waals surface area contributed by atoms with Crippen LogP contribution in [0.25, 0.3) is 0 Å². The number of hydrogen-bond donors (Lipinski definition) is 1. The number of aromatic nitrogens is 2. The van der Waals surface area contributed by atoms with E-state index in [1.807, 2.05) is 4.68 Å². The van der Waals surface area contributed by atoms with Crippen molar-refractivity contribution >= 4 is 0 Å². The smallest absolute Gasteiger partial charge is 0.159 e. The van der Waals surface area contributed by atoms with Crippen LogP contribution in [-0.4, -0.2) is 28.1 Å². The Hall–Kier alpha value is -1.03. The Bertz CT molecular complexity index is 295. The summed E-state index contributed by atoms with van der Waals surface area (Å²) in [6.07, 6.45) is 4.06. The molecule has 1 atom stereocenters. The molecule has 15 heavy (non-hydrogen) atoms. The molecule has 1 rings (SSSR count). The number of aryl methyl sites for hydroxylation is 1. The van der Waals surface area contributed by atoms with Gasteiger partial charge in [-0.25, -0.2) is 0 Å². The third kappa shape index (κ3) is 3.23. The standard InChI is InChI=1S/C11H20N2O2/c1-4-7-13-10(6-5-9(2)14)11(15-3)8-12-13/h8-9,14H,4-7H2,1-3H3. The van der Waals surface area contributed by atoms with Gasteiger partial charge in [0.1, 0.15) is 0 Å². The van der Waals surface area contributed by atoms with Gasteiger partial charge in [0.2, 0.25) is 0 Å². The summed E-state index contributed by atoms with van der Waals surface area (Å²) in [6.45, 7) is 4.82. The minimum absolute atomic E-state index is 0.278. The molecule has 1 N–H and O–H groups in total. The van der Waals surface area contributed by atoms with E-state index in [0.717, 1.165) is 37.3 Å². The lowest BCUT2D eigenvalue weighted by Gasteiger charge is -2.09. The summed E-state index contributed by atoms with van der Waals surface area (Å²) in [7, 11) is 1.65. The van der Waals surface area contributed by atoms with E-state index in [2.05, 4.69) is 12.0 Å². The summed E-state index contributed by atoms with van der Waals surface area (Å²) in [5, 5.41) is 13.5. The van der Waals surface area contributed by atoms with Crippen LogP contribution < -0.4 is 4.74 Å². The molecule has 4 nitrogen and oxygen atoms in total. The second kappa shape index (κ2) is 5.75. The highest BCUT2D eigenvalue weighted by molar-refractivity contribution is 5.25. The van der Waals surface area contributed by atoms with Crippen LogP contribution in [0.3, 0.4) is 0 Å². The highest BCUT2D eigenvalue weighted by Crippen LogP contribution is 2.20. The molecule has 1 aromatic heterocycles. The van der Waals surface area contributed by atoms with Crippen LogP contribution in [-0.2, 0) is 13.0 Å². The van der Waals surface area contributed by atoms with Gasteiger partial charge in [-0.1, -0.05) is 6.92 Å². The quantitative estimate of drug-likeness (QED) is 0.779. The molecule has 0 fully saturated rings. The van der Waals surface area contributed by atoms with Gasteiger partial charge in [0.25, 0.3) is 0 Å². The summed E-state index contributed by atoms with van der Waals surface area (Å²) in [5.41, 5.74) is 1.08. The maximum absolute atomic E-state index is 9.27. The predicted octanol–water partition coefficient (Wildman–Crippen LogP) is 1.62. The molecule has 0 saturated heterocycles. The fourth-order valence-corrected chi connectivity index (χ4v) is 1.57. The van der Waals surface area contributed by atoms with Crippen LogP contribution >= 0.6 is 0 Å². The first-order chi connectivity index (χ1) is 7.19. The lowest BCUT2D eigenvalue weighted by atomic mass is 10.1. The maximum Gasteiger partial charge on any atom is 0.159 e. The van der Waals surface area contributed by atoms with Gasteiger partial charge in [-0.15, -0.1) is 0 Å². The fraction of sp³-hybridized carbons (Fsp3) is 0.727. The molecule has 0 saturated carbocycles. The number of hydrogen-bond acceptors (Lipinski definition) is 3. The number of ether oxygens (including phenoxy) is 1. The lowest BCUT2D eigenvalue weighted by Crippen LogP contribution is -2.09. The molecule has 0 aliphatic heterocycles. The molecule has 0 spiro atoms. The first-order valence-electron chi connectivity index (χ1n) is 5.45. The van der Waals surface area contributed by atoms with Crippen molar-refractivity contribution in [1.29, 1.82) is 0 Å². The van der Waals surface area contributed by atoms with Crippen molar-refractivity contribution < 1.29 is 9.84 Å². The summed E-state index contributed by atoms with van der Waals surface area (Å²) in [6, 6.07) is 0. The van der Waals surface area contributed by atoms with Gasteiger partial charge in [0.15, 0.2) is 5.75 Å². The van der Waals surface area contributed by atoms with Crippen LogP contribution in [0.1, 0.15) is 32.4 Å². The van der Waals surface area contributed by atoms with Crippen molar-refractivity contribution in [2.45, 2.75) is 45.8 Å². The Kier molecular flexibility index (Phi) is 4.62. The molecule has 4 heteroatoms. The van der Waals surface area contributed by atoms with E-state index >= 15 is 0 Å². The summed E-state index contributed by atoms with van der Waals surface area (Å²) < 4.78 is 7.20. The van der Waals surface area contributed by atoms with Crippen molar-refractivity contribution in [3.05, 3.63) is 11.9 Å². The molecule has 0 radical (unpaired) electrons. The van der Waals surface area contributed by atoms with E-state index in [1.54, 1.807) is 20.2 Å². The molecular formula is C11H20N2O2. The average Bonchev–Trinajstić information content (AvgIpc) is 2.58. The fourth-order valence-electron chi connectivity index (χ4n) is 1.57. The van der Waals surface area contributed by atoms with Crippen LogP contribution in [0.15, 0.2) is 6.20 Å². The van der Waals surface area contributed by atoms with Gasteiger partial charge < -0.3 is 9.84 Å². The van der Waals surface area contributed by atoms with E-state index in [-0.39, 0.29) is 6.10 Å². The summed E-state index contributed by atoms with van der Waals surface area (Å²) in [4.78, 5) is 0. The number of aliphatic hydroxyl groups is 1. The van der Waals surface area contributed by atoms with Crippen molar-refractivity contribution in [2.24, 2.45) is 0 Å². The highest BCUT2D eigenvalue weighted by atomic mass is 16.5. The number of rotatable bonds is 6. The van der Waals surface area contributed by atoms with Crippen molar-refractivity contribution in [1.82, 2.24) is 9.78 Å². The van der Waals surface area contributed by atoms with Crippen molar-refractivity contribution in [3.8, 4) is 5.75 Å². The van der Waals surface area contributed by atoms with Gasteiger partial charge in [0, 0.05) is 6.54 Å². The van der Waals surface area contributed by atoms with E-state index in [9.17, 15) is 5.11 Å². The van der Waals surface area contributed by atoms with Gasteiger partial charge in [0.05, 0.1) is 25.1 Å². The van der Waals surface area contributed by atoms with Crippen LogP contribution in [0.2, 0.25) is 0 Å². The SMILES string of the molecule is CCCn1ncc(OC)c1CCC(C)O. The van der Waals surface area contributed by atoms with Crippen LogP contribution in [0, 0.1) is 0 Å². The first-order valence-corrected chi connectivity index (χ1v) is 5.45. The van der Waals surface area contributed by atoms with Crippen molar-refractivity contribution in [3.63, 3.8) is 0 Å². The number of aliphatic hydroxyl groups excluding tert-OH is 1. The Balaban J connectivity index is 2.75. The van der Waals surface area contributed by atoms with Crippen LogP contribution in [0.5, 0.6) is 5.75 Å². The Morgan fingerprint density at radius 3 is 2.87 bits per heavy atom. The predicted molar refractivity (Wildman–Crippen MR) is 59.1 cm³/mol. The molecule has 0 amide bonds. The Morgan fingerprint density at radius 2 is 2.33 bits per heavy atom. The molecule has 0 aromatic carbocycles. The van der Waals surface area contributed by atoms with E-state index in [0.29, 0.717) is 0 Å². The number of nitrogens with zero attached hydrogens (tertiary/aromatic N) is 2. The zero-order valence-electron chi connectivity index (χ0n) is 9.73. The molecular weight excluding hydrogens is 192 g/mol.